The number of H-pyrrole nitrogens is 1. The summed E-state index contributed by atoms with van der Waals surface area (Å²) in [5, 5.41) is 7.57. The van der Waals surface area contributed by atoms with Gasteiger partial charge in [-0.3, -0.25) is 5.10 Å². The molecule has 1 heterocycles. The van der Waals surface area contributed by atoms with Crippen LogP contribution in [0.15, 0.2) is 42.5 Å². The largest absolute Gasteiger partial charge is 0.490 e. The molecule has 0 saturated heterocycles. The van der Waals surface area contributed by atoms with E-state index in [0.29, 0.717) is 41.1 Å². The number of nitrogens with zero attached hydrogens (tertiary/aromatic N) is 2. The topological polar surface area (TPSA) is 64.1 Å². The summed E-state index contributed by atoms with van der Waals surface area (Å²) < 4.78 is 14.0. The third-order valence-electron chi connectivity index (χ3n) is 4.14. The van der Waals surface area contributed by atoms with Crippen molar-refractivity contribution in [3.8, 4) is 11.5 Å². The van der Waals surface area contributed by atoms with E-state index in [0.717, 1.165) is 23.4 Å². The van der Waals surface area contributed by atoms with Crippen molar-refractivity contribution in [2.45, 2.75) is 33.4 Å². The first kappa shape index (κ1) is 20.2. The normalized spacial score (nSPS) is 10.7. The van der Waals surface area contributed by atoms with Gasteiger partial charge < -0.3 is 14.9 Å². The Bertz CT molecular complexity index is 972. The van der Waals surface area contributed by atoms with E-state index in [1.54, 1.807) is 10.7 Å². The van der Waals surface area contributed by atoms with Crippen molar-refractivity contribution in [2.24, 2.45) is 0 Å². The summed E-state index contributed by atoms with van der Waals surface area (Å²) in [6.45, 7) is 5.40. The lowest BCUT2D eigenvalue weighted by molar-refractivity contribution is 0.269. The van der Waals surface area contributed by atoms with Crippen molar-refractivity contribution in [3.05, 3.63) is 69.2 Å². The van der Waals surface area contributed by atoms with Gasteiger partial charge in [-0.1, -0.05) is 48.9 Å². The van der Waals surface area contributed by atoms with Crippen molar-refractivity contribution >= 4 is 23.8 Å². The Morgan fingerprint density at radius 3 is 2.61 bits per heavy atom. The molecule has 2 N–H and O–H groups in total. The van der Waals surface area contributed by atoms with Crippen LogP contribution in [0.5, 0.6) is 11.5 Å². The molecule has 0 saturated carbocycles. The fraction of sp³-hybridized carbons (Fsp3) is 0.300. The Kier molecular flexibility index (Phi) is 6.95. The van der Waals surface area contributed by atoms with Crippen molar-refractivity contribution in [3.63, 3.8) is 0 Å². The average molecular weight is 419 g/mol. The first-order chi connectivity index (χ1) is 13.6. The maximum Gasteiger partial charge on any atom is 0.214 e. The van der Waals surface area contributed by atoms with Crippen LogP contribution in [0.1, 0.15) is 30.8 Å². The first-order valence-corrected chi connectivity index (χ1v) is 9.93. The van der Waals surface area contributed by atoms with Crippen molar-refractivity contribution in [1.29, 1.82) is 0 Å². The molecule has 0 aliphatic heterocycles. The number of rotatable bonds is 9. The van der Waals surface area contributed by atoms with Gasteiger partial charge in [0.1, 0.15) is 6.61 Å². The summed E-state index contributed by atoms with van der Waals surface area (Å²) >= 11 is 11.8. The fourth-order valence-corrected chi connectivity index (χ4v) is 3.16. The Morgan fingerprint density at radius 1 is 1.14 bits per heavy atom. The van der Waals surface area contributed by atoms with Crippen molar-refractivity contribution in [1.82, 2.24) is 14.9 Å². The van der Waals surface area contributed by atoms with Gasteiger partial charge in [-0.15, -0.1) is 0 Å². The van der Waals surface area contributed by atoms with Crippen LogP contribution in [0.2, 0.25) is 5.02 Å². The summed E-state index contributed by atoms with van der Waals surface area (Å²) in [5.74, 6) is 2.11. The Balaban J connectivity index is 1.78. The molecule has 0 aliphatic carbocycles. The Morgan fingerprint density at radius 2 is 1.89 bits per heavy atom. The minimum absolute atomic E-state index is 0.443. The molecule has 3 rings (SSSR count). The molecule has 0 radical (unpaired) electrons. The molecule has 6 nitrogen and oxygen atoms in total. The van der Waals surface area contributed by atoms with Crippen LogP contribution in [0.3, 0.4) is 0 Å². The molecule has 0 spiro atoms. The maximum atomic E-state index is 6.50. The van der Waals surface area contributed by atoms with Crippen LogP contribution >= 0.6 is 23.8 Å². The zero-order valence-corrected chi connectivity index (χ0v) is 17.4. The zero-order valence-electron chi connectivity index (χ0n) is 15.9. The predicted octanol–water partition coefficient (Wildman–Crippen LogP) is 4.88. The zero-order chi connectivity index (χ0) is 19.9. The van der Waals surface area contributed by atoms with Crippen LogP contribution in [-0.2, 0) is 19.6 Å². The van der Waals surface area contributed by atoms with Crippen molar-refractivity contribution in [2.75, 3.05) is 12.0 Å². The lowest BCUT2D eigenvalue weighted by Gasteiger charge is -2.16. The molecular formula is C20H23ClN4O2S. The number of aromatic amines is 1. The highest BCUT2D eigenvalue weighted by molar-refractivity contribution is 7.71. The van der Waals surface area contributed by atoms with E-state index in [1.807, 2.05) is 50.2 Å². The number of hydrogen-bond donors (Lipinski definition) is 2. The number of benzene rings is 2. The molecule has 0 atom stereocenters. The number of halogens is 1. The van der Waals surface area contributed by atoms with Gasteiger partial charge >= 0.3 is 0 Å². The van der Waals surface area contributed by atoms with Gasteiger partial charge in [-0.25, -0.2) is 4.68 Å². The molecular weight excluding hydrogens is 396 g/mol. The molecule has 28 heavy (non-hydrogen) atoms. The maximum absolute atomic E-state index is 6.50. The second-order valence-electron chi connectivity index (χ2n) is 6.07. The summed E-state index contributed by atoms with van der Waals surface area (Å²) in [6.07, 6.45) is 0.754. The van der Waals surface area contributed by atoms with E-state index in [2.05, 4.69) is 15.6 Å². The van der Waals surface area contributed by atoms with E-state index in [1.165, 1.54) is 0 Å². The predicted molar refractivity (Wildman–Crippen MR) is 113 cm³/mol. The summed E-state index contributed by atoms with van der Waals surface area (Å²) in [6, 6.07) is 13.7. The fourth-order valence-electron chi connectivity index (χ4n) is 2.72. The van der Waals surface area contributed by atoms with E-state index >= 15 is 0 Å². The second-order valence-corrected chi connectivity index (χ2v) is 6.86. The Labute approximate surface area is 174 Å². The van der Waals surface area contributed by atoms with Gasteiger partial charge in [-0.05, 0) is 36.3 Å². The third-order valence-corrected chi connectivity index (χ3v) is 4.76. The molecule has 8 heteroatoms. The number of hydrogen-bond acceptors (Lipinski definition) is 5. The molecule has 3 aromatic rings. The molecule has 0 amide bonds. The molecule has 148 valence electrons. The van der Waals surface area contributed by atoms with E-state index < -0.39 is 0 Å². The van der Waals surface area contributed by atoms with Crippen LogP contribution < -0.4 is 14.9 Å². The van der Waals surface area contributed by atoms with Crippen LogP contribution in [0, 0.1) is 4.77 Å². The van der Waals surface area contributed by atoms with Gasteiger partial charge in [0, 0.05) is 17.5 Å². The lowest BCUT2D eigenvalue weighted by Crippen LogP contribution is -2.17. The number of aromatic nitrogens is 3. The summed E-state index contributed by atoms with van der Waals surface area (Å²) in [4.78, 5) is 0. The highest BCUT2D eigenvalue weighted by Gasteiger charge is 2.12. The van der Waals surface area contributed by atoms with Crippen LogP contribution in [0.4, 0.5) is 0 Å². The highest BCUT2D eigenvalue weighted by Crippen LogP contribution is 2.34. The summed E-state index contributed by atoms with van der Waals surface area (Å²) in [5.41, 5.74) is 5.21. The minimum Gasteiger partial charge on any atom is -0.490 e. The number of nitrogens with one attached hydrogen (secondary N) is 2. The second kappa shape index (κ2) is 9.61. The van der Waals surface area contributed by atoms with Crippen molar-refractivity contribution < 1.29 is 9.47 Å². The van der Waals surface area contributed by atoms with E-state index in [4.69, 9.17) is 33.3 Å². The third kappa shape index (κ3) is 4.85. The summed E-state index contributed by atoms with van der Waals surface area (Å²) in [7, 11) is 0. The van der Waals surface area contributed by atoms with Gasteiger partial charge in [-0.2, -0.15) is 5.10 Å². The lowest BCUT2D eigenvalue weighted by atomic mass is 10.2. The molecule has 0 unspecified atom stereocenters. The monoisotopic (exact) mass is 418 g/mol. The highest BCUT2D eigenvalue weighted by atomic mass is 35.5. The standard InChI is InChI=1S/C20H23ClN4O2S/c1-3-19-23-24-20(28)25(19)22-12-15-10-17(26-4-2)18(11-16(15)21)27-13-14-8-6-5-7-9-14/h5-11,22H,3-4,12-13H2,1-2H3,(H,24,28). The average Bonchev–Trinajstić information content (AvgIpc) is 3.07. The molecule has 0 aliphatic rings. The number of ether oxygens (including phenoxy) is 2. The SMILES string of the molecule is CCOc1cc(CNn2c(CC)n[nH]c2=S)c(Cl)cc1OCc1ccccc1. The van der Waals surface area contributed by atoms with Gasteiger partial charge in [0.05, 0.1) is 13.2 Å². The number of aryl methyl sites for hydroxylation is 1. The first-order valence-electron chi connectivity index (χ1n) is 9.14. The minimum atomic E-state index is 0.443. The van der Waals surface area contributed by atoms with Gasteiger partial charge in [0.15, 0.2) is 17.3 Å². The van der Waals surface area contributed by atoms with Crippen LogP contribution in [-0.4, -0.2) is 21.5 Å². The van der Waals surface area contributed by atoms with Crippen LogP contribution in [0.25, 0.3) is 0 Å². The quantitative estimate of drug-likeness (QED) is 0.485. The Hall–Kier alpha value is -2.51. The molecule has 0 fully saturated rings. The van der Waals surface area contributed by atoms with Gasteiger partial charge in [0.2, 0.25) is 4.77 Å². The molecule has 0 bridgehead atoms. The van der Waals surface area contributed by atoms with E-state index in [-0.39, 0.29) is 0 Å². The van der Waals surface area contributed by atoms with Gasteiger partial charge in [0.25, 0.3) is 0 Å². The molecule has 1 aromatic heterocycles. The van der Waals surface area contributed by atoms with E-state index in [9.17, 15) is 0 Å². The smallest absolute Gasteiger partial charge is 0.214 e. The molecule has 2 aromatic carbocycles.